The van der Waals surface area contributed by atoms with Gasteiger partial charge in [-0.3, -0.25) is 14.9 Å². The van der Waals surface area contributed by atoms with E-state index in [0.29, 0.717) is 22.7 Å². The first-order valence-electron chi connectivity index (χ1n) is 6.75. The van der Waals surface area contributed by atoms with Crippen LogP contribution < -0.4 is 14.8 Å². The highest BCUT2D eigenvalue weighted by atomic mass is 16.6. The van der Waals surface area contributed by atoms with Gasteiger partial charge in [0.05, 0.1) is 19.1 Å². The van der Waals surface area contributed by atoms with Crippen LogP contribution in [0.25, 0.3) is 0 Å². The molecule has 1 amide bonds. The molecule has 0 aliphatic carbocycles. The number of carbonyl (C=O) groups excluding carboxylic acids is 1. The second-order valence-corrected chi connectivity index (χ2v) is 4.75. The number of nitrogens with one attached hydrogen (secondary N) is 1. The third-order valence-electron chi connectivity index (χ3n) is 3.31. The minimum atomic E-state index is -0.562. The van der Waals surface area contributed by atoms with Gasteiger partial charge in [-0.05, 0) is 25.1 Å². The molecule has 0 bridgehead atoms. The second-order valence-electron chi connectivity index (χ2n) is 4.75. The maximum absolute atomic E-state index is 12.4. The zero-order valence-corrected chi connectivity index (χ0v) is 13.0. The smallest absolute Gasteiger partial charge is 0.285 e. The van der Waals surface area contributed by atoms with Crippen LogP contribution in [-0.4, -0.2) is 25.1 Å². The topological polar surface area (TPSA) is 90.7 Å². The number of para-hydroxylation sites is 1. The van der Waals surface area contributed by atoms with Gasteiger partial charge in [0.25, 0.3) is 11.6 Å². The molecular weight excluding hydrogens is 300 g/mol. The Balaban J connectivity index is 2.33. The molecule has 0 unspecified atom stereocenters. The summed E-state index contributed by atoms with van der Waals surface area (Å²) in [5.41, 5.74) is 0.675. The first kappa shape index (κ1) is 16.3. The van der Waals surface area contributed by atoms with Crippen molar-refractivity contribution in [3.63, 3.8) is 0 Å². The van der Waals surface area contributed by atoms with Crippen LogP contribution >= 0.6 is 0 Å². The number of anilines is 1. The van der Waals surface area contributed by atoms with Gasteiger partial charge in [0, 0.05) is 17.3 Å². The van der Waals surface area contributed by atoms with Crippen LogP contribution in [0.4, 0.5) is 11.4 Å². The molecule has 0 aliphatic heterocycles. The summed E-state index contributed by atoms with van der Waals surface area (Å²) in [5, 5.41) is 13.8. The standard InChI is InChI=1S/C16H16N2O5/c1-10-5-4-6-12(15(10)18(20)21)16(19)17-11-7-8-13(22-2)14(9-11)23-3/h4-9H,1-3H3,(H,17,19). The van der Waals surface area contributed by atoms with Crippen molar-refractivity contribution in [3.05, 3.63) is 57.6 Å². The molecule has 120 valence electrons. The Labute approximate surface area is 133 Å². The summed E-state index contributed by atoms with van der Waals surface area (Å²) in [7, 11) is 2.99. The highest BCUT2D eigenvalue weighted by Crippen LogP contribution is 2.30. The summed E-state index contributed by atoms with van der Waals surface area (Å²) < 4.78 is 10.3. The van der Waals surface area contributed by atoms with Crippen LogP contribution in [0.1, 0.15) is 15.9 Å². The predicted molar refractivity (Wildman–Crippen MR) is 85.3 cm³/mol. The molecule has 0 aliphatic rings. The number of nitro groups is 1. The minimum absolute atomic E-state index is 0.00443. The molecule has 7 nitrogen and oxygen atoms in total. The van der Waals surface area contributed by atoms with E-state index in [9.17, 15) is 14.9 Å². The number of aryl methyl sites for hydroxylation is 1. The number of amides is 1. The van der Waals surface area contributed by atoms with Crippen molar-refractivity contribution in [2.24, 2.45) is 0 Å². The van der Waals surface area contributed by atoms with Gasteiger partial charge in [-0.15, -0.1) is 0 Å². The van der Waals surface area contributed by atoms with E-state index in [2.05, 4.69) is 5.32 Å². The quantitative estimate of drug-likeness (QED) is 0.676. The summed E-state index contributed by atoms with van der Waals surface area (Å²) in [6, 6.07) is 9.46. The molecule has 0 saturated heterocycles. The Bertz CT molecular complexity index is 758. The Morgan fingerprint density at radius 3 is 2.43 bits per heavy atom. The Morgan fingerprint density at radius 1 is 1.13 bits per heavy atom. The van der Waals surface area contributed by atoms with Crippen molar-refractivity contribution < 1.29 is 19.2 Å². The van der Waals surface area contributed by atoms with E-state index in [0.717, 1.165) is 0 Å². The molecule has 0 atom stereocenters. The van der Waals surface area contributed by atoms with Crippen LogP contribution in [0, 0.1) is 17.0 Å². The van der Waals surface area contributed by atoms with E-state index in [1.165, 1.54) is 20.3 Å². The van der Waals surface area contributed by atoms with Gasteiger partial charge in [-0.25, -0.2) is 0 Å². The number of hydrogen-bond acceptors (Lipinski definition) is 5. The molecule has 0 spiro atoms. The van der Waals surface area contributed by atoms with Crippen molar-refractivity contribution >= 4 is 17.3 Å². The van der Waals surface area contributed by atoms with Crippen LogP contribution in [-0.2, 0) is 0 Å². The zero-order chi connectivity index (χ0) is 17.0. The first-order valence-corrected chi connectivity index (χ1v) is 6.75. The molecule has 2 rings (SSSR count). The monoisotopic (exact) mass is 316 g/mol. The van der Waals surface area contributed by atoms with Gasteiger partial charge in [-0.1, -0.05) is 12.1 Å². The van der Waals surface area contributed by atoms with Gasteiger partial charge in [0.2, 0.25) is 0 Å². The summed E-state index contributed by atoms with van der Waals surface area (Å²) in [6.45, 7) is 1.59. The molecule has 2 aromatic carbocycles. The zero-order valence-electron chi connectivity index (χ0n) is 13.0. The lowest BCUT2D eigenvalue weighted by Crippen LogP contribution is -2.14. The maximum Gasteiger partial charge on any atom is 0.285 e. The number of rotatable bonds is 5. The lowest BCUT2D eigenvalue weighted by atomic mass is 10.1. The van der Waals surface area contributed by atoms with Gasteiger partial charge in [0.1, 0.15) is 5.56 Å². The van der Waals surface area contributed by atoms with Crippen molar-refractivity contribution in [1.29, 1.82) is 0 Å². The van der Waals surface area contributed by atoms with Crippen molar-refractivity contribution in [2.75, 3.05) is 19.5 Å². The highest BCUT2D eigenvalue weighted by molar-refractivity contribution is 6.07. The number of nitrogens with zero attached hydrogens (tertiary/aromatic N) is 1. The third kappa shape index (κ3) is 3.39. The highest BCUT2D eigenvalue weighted by Gasteiger charge is 2.22. The van der Waals surface area contributed by atoms with Crippen molar-refractivity contribution in [2.45, 2.75) is 6.92 Å². The summed E-state index contributed by atoms with van der Waals surface area (Å²) in [6.07, 6.45) is 0. The van der Waals surface area contributed by atoms with Crippen LogP contribution in [0.2, 0.25) is 0 Å². The first-order chi connectivity index (χ1) is 11.0. The van der Waals surface area contributed by atoms with Crippen molar-refractivity contribution in [3.8, 4) is 11.5 Å². The third-order valence-corrected chi connectivity index (χ3v) is 3.31. The summed E-state index contributed by atoms with van der Waals surface area (Å²) >= 11 is 0. The van der Waals surface area contributed by atoms with Gasteiger partial charge in [0.15, 0.2) is 11.5 Å². The van der Waals surface area contributed by atoms with Crippen LogP contribution in [0.3, 0.4) is 0 Å². The van der Waals surface area contributed by atoms with E-state index in [1.807, 2.05) is 0 Å². The second kappa shape index (κ2) is 6.78. The normalized spacial score (nSPS) is 10.0. The number of benzene rings is 2. The minimum Gasteiger partial charge on any atom is -0.493 e. The molecule has 2 aromatic rings. The van der Waals surface area contributed by atoms with E-state index < -0.39 is 10.8 Å². The number of nitro benzene ring substituents is 1. The van der Waals surface area contributed by atoms with E-state index in [1.54, 1.807) is 37.3 Å². The Morgan fingerprint density at radius 2 is 1.83 bits per heavy atom. The van der Waals surface area contributed by atoms with Gasteiger partial charge in [-0.2, -0.15) is 0 Å². The van der Waals surface area contributed by atoms with E-state index in [-0.39, 0.29) is 11.3 Å². The van der Waals surface area contributed by atoms with Gasteiger partial charge >= 0.3 is 0 Å². The molecule has 0 radical (unpaired) electrons. The fraction of sp³-hybridized carbons (Fsp3) is 0.188. The number of ether oxygens (including phenoxy) is 2. The Hall–Kier alpha value is -3.09. The molecular formula is C16H16N2O5. The average molecular weight is 316 g/mol. The largest absolute Gasteiger partial charge is 0.493 e. The average Bonchev–Trinajstić information content (AvgIpc) is 2.53. The SMILES string of the molecule is COc1ccc(NC(=O)c2cccc(C)c2[N+](=O)[O-])cc1OC. The van der Waals surface area contributed by atoms with Gasteiger partial charge < -0.3 is 14.8 Å². The predicted octanol–water partition coefficient (Wildman–Crippen LogP) is 3.17. The van der Waals surface area contributed by atoms with E-state index in [4.69, 9.17) is 9.47 Å². The maximum atomic E-state index is 12.4. The molecule has 1 N–H and O–H groups in total. The fourth-order valence-corrected chi connectivity index (χ4v) is 2.20. The molecule has 0 aromatic heterocycles. The lowest BCUT2D eigenvalue weighted by Gasteiger charge is -2.11. The molecule has 7 heteroatoms. The number of carbonyl (C=O) groups is 1. The molecule has 0 fully saturated rings. The Kier molecular flexibility index (Phi) is 4.80. The molecule has 23 heavy (non-hydrogen) atoms. The fourth-order valence-electron chi connectivity index (χ4n) is 2.20. The van der Waals surface area contributed by atoms with E-state index >= 15 is 0 Å². The number of hydrogen-bond donors (Lipinski definition) is 1. The molecule has 0 saturated carbocycles. The van der Waals surface area contributed by atoms with Crippen LogP contribution in [0.15, 0.2) is 36.4 Å². The van der Waals surface area contributed by atoms with Crippen molar-refractivity contribution in [1.82, 2.24) is 0 Å². The molecule has 0 heterocycles. The van der Waals surface area contributed by atoms with Crippen LogP contribution in [0.5, 0.6) is 11.5 Å². The lowest BCUT2D eigenvalue weighted by molar-refractivity contribution is -0.385. The summed E-state index contributed by atoms with van der Waals surface area (Å²) in [5.74, 6) is 0.406. The number of methoxy groups -OCH3 is 2. The summed E-state index contributed by atoms with van der Waals surface area (Å²) in [4.78, 5) is 23.0.